The van der Waals surface area contributed by atoms with E-state index in [4.69, 9.17) is 14.2 Å². The fourth-order valence-corrected chi connectivity index (χ4v) is 3.18. The normalized spacial score (nSPS) is 11.3. The van der Waals surface area contributed by atoms with E-state index in [1.165, 1.54) is 6.08 Å². The second-order valence-electron chi connectivity index (χ2n) is 8.55. The molecule has 0 amide bonds. The Morgan fingerprint density at radius 3 is 1.94 bits per heavy atom. The Balaban J connectivity index is 1.65. The largest absolute Gasteiger partial charge is 0.497 e. The number of hydrogen-bond donors (Lipinski definition) is 0. The van der Waals surface area contributed by atoms with Gasteiger partial charge in [0.05, 0.1) is 19.8 Å². The van der Waals surface area contributed by atoms with E-state index in [2.05, 4.69) is 20.8 Å². The van der Waals surface area contributed by atoms with Gasteiger partial charge in [0.2, 0.25) is 0 Å². The zero-order valence-electron chi connectivity index (χ0n) is 19.5. The van der Waals surface area contributed by atoms with E-state index in [0.29, 0.717) is 28.4 Å². The molecule has 3 aromatic carbocycles. The number of methoxy groups -OCH3 is 2. The molecule has 3 aromatic rings. The van der Waals surface area contributed by atoms with E-state index in [1.54, 1.807) is 68.8 Å². The van der Waals surface area contributed by atoms with Crippen LogP contribution in [0.3, 0.4) is 0 Å². The van der Waals surface area contributed by atoms with E-state index < -0.39 is 5.97 Å². The molecule has 0 bridgehead atoms. The van der Waals surface area contributed by atoms with Crippen molar-refractivity contribution in [1.82, 2.24) is 0 Å². The molecule has 0 spiro atoms. The van der Waals surface area contributed by atoms with Gasteiger partial charge in [-0.25, -0.2) is 4.79 Å². The molecule has 0 aliphatic carbocycles. The van der Waals surface area contributed by atoms with Crippen molar-refractivity contribution in [3.8, 4) is 17.2 Å². The Kier molecular flexibility index (Phi) is 7.34. The van der Waals surface area contributed by atoms with Crippen molar-refractivity contribution in [2.45, 2.75) is 26.2 Å². The lowest BCUT2D eigenvalue weighted by Crippen LogP contribution is -2.13. The summed E-state index contributed by atoms with van der Waals surface area (Å²) in [6.07, 6.45) is 3.16. The Bertz CT molecular complexity index is 1150. The molecule has 0 saturated carbocycles. The van der Waals surface area contributed by atoms with Crippen molar-refractivity contribution in [2.75, 3.05) is 14.2 Å². The summed E-state index contributed by atoms with van der Waals surface area (Å²) >= 11 is 0. The van der Waals surface area contributed by atoms with Crippen LogP contribution in [0, 0.1) is 0 Å². The molecule has 0 aromatic heterocycles. The van der Waals surface area contributed by atoms with Gasteiger partial charge >= 0.3 is 5.97 Å². The van der Waals surface area contributed by atoms with Crippen LogP contribution >= 0.6 is 0 Å². The Labute approximate surface area is 194 Å². The van der Waals surface area contributed by atoms with Crippen molar-refractivity contribution in [3.05, 3.63) is 95.1 Å². The lowest BCUT2D eigenvalue weighted by atomic mass is 9.87. The second-order valence-corrected chi connectivity index (χ2v) is 8.55. The minimum atomic E-state index is -0.443. The van der Waals surface area contributed by atoms with Crippen LogP contribution in [0.2, 0.25) is 0 Å². The lowest BCUT2D eigenvalue weighted by Gasteiger charge is -2.18. The predicted octanol–water partition coefficient (Wildman–Crippen LogP) is 6.12. The second kappa shape index (κ2) is 10.2. The van der Waals surface area contributed by atoms with Gasteiger partial charge in [-0.15, -0.1) is 0 Å². The van der Waals surface area contributed by atoms with Crippen molar-refractivity contribution >= 4 is 17.8 Å². The number of ether oxygens (including phenoxy) is 3. The average Bonchev–Trinajstić information content (AvgIpc) is 2.82. The van der Waals surface area contributed by atoms with Gasteiger partial charge in [-0.05, 0) is 71.7 Å². The number of allylic oxidation sites excluding steroid dienone is 1. The fourth-order valence-electron chi connectivity index (χ4n) is 3.18. The molecule has 0 atom stereocenters. The highest BCUT2D eigenvalue weighted by Crippen LogP contribution is 2.26. The van der Waals surface area contributed by atoms with Gasteiger partial charge in [-0.2, -0.15) is 0 Å². The molecule has 0 unspecified atom stereocenters. The maximum atomic E-state index is 12.5. The molecule has 0 aliphatic heterocycles. The summed E-state index contributed by atoms with van der Waals surface area (Å²) in [6.45, 7) is 6.35. The van der Waals surface area contributed by atoms with E-state index >= 15 is 0 Å². The quantitative estimate of drug-likeness (QED) is 0.190. The SMILES string of the molecule is COc1ccc(C=CC(=O)c2ccc(OC(=O)c3ccc(C(C)(C)C)cc3)cc2)c(OC)c1. The van der Waals surface area contributed by atoms with E-state index in [9.17, 15) is 9.59 Å². The standard InChI is InChI=1S/C28H28O5/c1-28(2,3)22-12-6-21(7-13-22)27(30)33-23-14-8-19(9-15-23)25(29)17-11-20-10-16-24(31-4)18-26(20)32-5/h6-18H,1-5H3. The van der Waals surface area contributed by atoms with E-state index in [0.717, 1.165) is 11.1 Å². The van der Waals surface area contributed by atoms with E-state index in [-0.39, 0.29) is 11.2 Å². The highest BCUT2D eigenvalue weighted by molar-refractivity contribution is 6.07. The first-order valence-electron chi connectivity index (χ1n) is 10.6. The summed E-state index contributed by atoms with van der Waals surface area (Å²) in [6, 6.07) is 19.2. The van der Waals surface area contributed by atoms with Gasteiger partial charge in [0, 0.05) is 17.2 Å². The summed E-state index contributed by atoms with van der Waals surface area (Å²) in [5, 5.41) is 0. The number of ketones is 1. The molecule has 0 aliphatic rings. The molecule has 0 saturated heterocycles. The molecule has 33 heavy (non-hydrogen) atoms. The first-order valence-corrected chi connectivity index (χ1v) is 10.6. The summed E-state index contributed by atoms with van der Waals surface area (Å²) in [5.74, 6) is 1.03. The van der Waals surface area contributed by atoms with Gasteiger partial charge in [0.15, 0.2) is 5.78 Å². The first kappa shape index (κ1) is 23.8. The Hall–Kier alpha value is -3.86. The van der Waals surface area contributed by atoms with Crippen LogP contribution in [0.4, 0.5) is 0 Å². The zero-order valence-corrected chi connectivity index (χ0v) is 19.5. The van der Waals surface area contributed by atoms with Crippen LogP contribution in [0.15, 0.2) is 72.8 Å². The predicted molar refractivity (Wildman–Crippen MR) is 129 cm³/mol. The van der Waals surface area contributed by atoms with Crippen LogP contribution < -0.4 is 14.2 Å². The fraction of sp³-hybridized carbons (Fsp3) is 0.214. The van der Waals surface area contributed by atoms with Crippen LogP contribution in [0.5, 0.6) is 17.2 Å². The summed E-state index contributed by atoms with van der Waals surface area (Å²) in [5.41, 5.74) is 2.86. The van der Waals surface area contributed by atoms with E-state index in [1.807, 2.05) is 18.2 Å². The van der Waals surface area contributed by atoms with Gasteiger partial charge in [-0.1, -0.05) is 32.9 Å². The monoisotopic (exact) mass is 444 g/mol. The third-order valence-corrected chi connectivity index (χ3v) is 5.19. The molecule has 5 heteroatoms. The van der Waals surface area contributed by atoms with Gasteiger partial charge in [0.25, 0.3) is 0 Å². The van der Waals surface area contributed by atoms with Gasteiger partial charge < -0.3 is 14.2 Å². The van der Waals surface area contributed by atoms with Gasteiger partial charge in [-0.3, -0.25) is 4.79 Å². The number of carbonyl (C=O) groups excluding carboxylic acids is 2. The molecule has 170 valence electrons. The molecule has 3 rings (SSSR count). The molecule has 0 radical (unpaired) electrons. The molecule has 0 N–H and O–H groups in total. The van der Waals surface area contributed by atoms with Crippen LogP contribution in [0.1, 0.15) is 52.6 Å². The van der Waals surface area contributed by atoms with Crippen molar-refractivity contribution < 1.29 is 23.8 Å². The third-order valence-electron chi connectivity index (χ3n) is 5.19. The number of carbonyl (C=O) groups is 2. The number of hydrogen-bond acceptors (Lipinski definition) is 5. The number of rotatable bonds is 7. The third kappa shape index (κ3) is 6.10. The highest BCUT2D eigenvalue weighted by atomic mass is 16.5. The highest BCUT2D eigenvalue weighted by Gasteiger charge is 2.15. The lowest BCUT2D eigenvalue weighted by molar-refractivity contribution is 0.0734. The summed E-state index contributed by atoms with van der Waals surface area (Å²) in [7, 11) is 3.14. The number of benzene rings is 3. The first-order chi connectivity index (χ1) is 15.7. The average molecular weight is 445 g/mol. The van der Waals surface area contributed by atoms with Crippen LogP contribution in [-0.4, -0.2) is 26.0 Å². The van der Waals surface area contributed by atoms with Crippen molar-refractivity contribution in [1.29, 1.82) is 0 Å². The zero-order chi connectivity index (χ0) is 24.0. The van der Waals surface area contributed by atoms with Crippen molar-refractivity contribution in [3.63, 3.8) is 0 Å². The van der Waals surface area contributed by atoms with Crippen LogP contribution in [0.25, 0.3) is 6.08 Å². The number of esters is 1. The van der Waals surface area contributed by atoms with Gasteiger partial charge in [0.1, 0.15) is 17.2 Å². The van der Waals surface area contributed by atoms with Crippen LogP contribution in [-0.2, 0) is 5.41 Å². The Morgan fingerprint density at radius 2 is 1.36 bits per heavy atom. The smallest absolute Gasteiger partial charge is 0.343 e. The maximum absolute atomic E-state index is 12.5. The molecular weight excluding hydrogens is 416 g/mol. The topological polar surface area (TPSA) is 61.8 Å². The molecule has 5 nitrogen and oxygen atoms in total. The Morgan fingerprint density at radius 1 is 0.758 bits per heavy atom. The summed E-state index contributed by atoms with van der Waals surface area (Å²) < 4.78 is 16.0. The molecule has 0 heterocycles. The minimum absolute atomic E-state index is 0.0117. The maximum Gasteiger partial charge on any atom is 0.343 e. The minimum Gasteiger partial charge on any atom is -0.497 e. The summed E-state index contributed by atoms with van der Waals surface area (Å²) in [4.78, 5) is 25.0. The van der Waals surface area contributed by atoms with Crippen molar-refractivity contribution in [2.24, 2.45) is 0 Å². The molecular formula is C28H28O5. The molecule has 0 fully saturated rings.